The summed E-state index contributed by atoms with van der Waals surface area (Å²) in [6.45, 7) is 13.5. The zero-order chi connectivity index (χ0) is 13.1. The van der Waals surface area contributed by atoms with Gasteiger partial charge in [0.05, 0.1) is 0 Å². The molecule has 0 aliphatic rings. The molecule has 0 N–H and O–H groups in total. The summed E-state index contributed by atoms with van der Waals surface area (Å²) in [4.78, 5) is 0. The van der Waals surface area contributed by atoms with Crippen LogP contribution in [0.15, 0.2) is 22.8 Å². The second kappa shape index (κ2) is 10.5. The Bertz CT molecular complexity index is 220. The Morgan fingerprint density at radius 1 is 1.24 bits per heavy atom. The van der Waals surface area contributed by atoms with Crippen molar-refractivity contribution in [2.45, 2.75) is 48.4 Å². The number of hydrogen-bond donors (Lipinski definition) is 0. The molecule has 0 radical (unpaired) electrons. The van der Waals surface area contributed by atoms with Crippen LogP contribution in [0.2, 0.25) is 8.87 Å². The van der Waals surface area contributed by atoms with E-state index in [9.17, 15) is 0 Å². The summed E-state index contributed by atoms with van der Waals surface area (Å²) < 4.78 is 9.15. The summed E-state index contributed by atoms with van der Waals surface area (Å²) in [7, 11) is 6.93. The molecule has 1 nitrogen and oxygen atoms in total. The van der Waals surface area contributed by atoms with Gasteiger partial charge in [-0.05, 0) is 0 Å². The zero-order valence-corrected chi connectivity index (χ0v) is 15.0. The molecule has 0 aromatic heterocycles. The zero-order valence-electron chi connectivity index (χ0n) is 11.4. The average Bonchev–Trinajstić information content (AvgIpc) is 2.34. The summed E-state index contributed by atoms with van der Waals surface area (Å²) in [5.41, 5.74) is 0. The predicted molar refractivity (Wildman–Crippen MR) is 81.2 cm³/mol. The molecule has 0 heterocycles. The fraction of sp³-hybridized carbons (Fsp3) is 0.714. The monoisotopic (exact) mass is 366 g/mol. The van der Waals surface area contributed by atoms with E-state index in [1.54, 1.807) is 6.08 Å². The van der Waals surface area contributed by atoms with Gasteiger partial charge in [0.15, 0.2) is 0 Å². The summed E-state index contributed by atoms with van der Waals surface area (Å²) in [6.07, 6.45) is 6.70. The third kappa shape index (κ3) is 7.53. The first-order valence-corrected chi connectivity index (χ1v) is 15.7. The maximum atomic E-state index is 6.93. The molecule has 3 heteroatoms. The fourth-order valence-corrected chi connectivity index (χ4v) is 12.9. The van der Waals surface area contributed by atoms with E-state index in [1.165, 1.54) is 38.1 Å². The van der Waals surface area contributed by atoms with E-state index in [0.29, 0.717) is 13.2 Å². The van der Waals surface area contributed by atoms with Gasteiger partial charge in [-0.2, -0.15) is 0 Å². The molecule has 0 fully saturated rings. The van der Waals surface area contributed by atoms with E-state index in [2.05, 4.69) is 27.0 Å². The SMILES string of the molecule is C=CCOC[C](=C)[Sn]([Cl])([CH2]CCC)[CH2]CCC. The molecule has 0 aromatic carbocycles. The van der Waals surface area contributed by atoms with Gasteiger partial charge in [0.25, 0.3) is 0 Å². The van der Waals surface area contributed by atoms with Gasteiger partial charge < -0.3 is 0 Å². The van der Waals surface area contributed by atoms with Crippen molar-refractivity contribution in [2.75, 3.05) is 13.2 Å². The van der Waals surface area contributed by atoms with Crippen molar-refractivity contribution in [1.82, 2.24) is 0 Å². The second-order valence-electron chi connectivity index (χ2n) is 4.58. The van der Waals surface area contributed by atoms with E-state index in [0.717, 1.165) is 0 Å². The van der Waals surface area contributed by atoms with Gasteiger partial charge in [0.1, 0.15) is 0 Å². The molecule has 17 heavy (non-hydrogen) atoms. The van der Waals surface area contributed by atoms with Crippen LogP contribution in [-0.4, -0.2) is 30.5 Å². The fourth-order valence-electron chi connectivity index (χ4n) is 1.79. The summed E-state index contributed by atoms with van der Waals surface area (Å²) in [6, 6.07) is 0. The van der Waals surface area contributed by atoms with Gasteiger partial charge in [-0.3, -0.25) is 0 Å². The van der Waals surface area contributed by atoms with Crippen LogP contribution in [0, 0.1) is 0 Å². The second-order valence-corrected chi connectivity index (χ2v) is 19.8. The molecule has 0 aliphatic heterocycles. The van der Waals surface area contributed by atoms with Gasteiger partial charge in [-0.1, -0.05) is 0 Å². The molecule has 0 saturated carbocycles. The quantitative estimate of drug-likeness (QED) is 0.282. The summed E-state index contributed by atoms with van der Waals surface area (Å²) >= 11 is -2.62. The molecule has 0 rings (SSSR count). The third-order valence-electron chi connectivity index (χ3n) is 3.00. The first-order valence-electron chi connectivity index (χ1n) is 6.66. The summed E-state index contributed by atoms with van der Waals surface area (Å²) in [5.74, 6) is 0. The number of rotatable bonds is 11. The Labute approximate surface area is 115 Å². The molecule has 0 aromatic rings. The Morgan fingerprint density at radius 3 is 2.18 bits per heavy atom. The van der Waals surface area contributed by atoms with Crippen LogP contribution in [0.25, 0.3) is 0 Å². The van der Waals surface area contributed by atoms with Crippen LogP contribution in [0.4, 0.5) is 0 Å². The van der Waals surface area contributed by atoms with Gasteiger partial charge in [-0.25, -0.2) is 0 Å². The molecule has 0 saturated heterocycles. The van der Waals surface area contributed by atoms with Crippen molar-refractivity contribution >= 4 is 26.2 Å². The number of halogens is 1. The van der Waals surface area contributed by atoms with Crippen molar-refractivity contribution in [3.8, 4) is 0 Å². The Hall–Kier alpha value is 0.529. The molecule has 0 aliphatic carbocycles. The van der Waals surface area contributed by atoms with Crippen molar-refractivity contribution in [3.05, 3.63) is 22.8 Å². The van der Waals surface area contributed by atoms with Crippen molar-refractivity contribution in [1.29, 1.82) is 0 Å². The van der Waals surface area contributed by atoms with Crippen LogP contribution in [0.1, 0.15) is 39.5 Å². The minimum atomic E-state index is -2.62. The summed E-state index contributed by atoms with van der Waals surface area (Å²) in [5, 5.41) is 0. The number of unbranched alkanes of at least 4 members (excludes halogenated alkanes) is 2. The Kier molecular flexibility index (Phi) is 10.8. The molecule has 0 spiro atoms. The van der Waals surface area contributed by atoms with E-state index in [1.807, 2.05) is 0 Å². The third-order valence-corrected chi connectivity index (χ3v) is 17.9. The van der Waals surface area contributed by atoms with Crippen LogP contribution in [0.5, 0.6) is 0 Å². The van der Waals surface area contributed by atoms with Gasteiger partial charge in [0, 0.05) is 0 Å². The van der Waals surface area contributed by atoms with E-state index < -0.39 is 17.3 Å². The van der Waals surface area contributed by atoms with Crippen LogP contribution in [-0.2, 0) is 4.74 Å². The van der Waals surface area contributed by atoms with Gasteiger partial charge in [0.2, 0.25) is 0 Å². The average molecular weight is 366 g/mol. The molecule has 0 unspecified atom stereocenters. The van der Waals surface area contributed by atoms with Crippen molar-refractivity contribution in [2.24, 2.45) is 0 Å². The van der Waals surface area contributed by atoms with Gasteiger partial charge in [-0.15, -0.1) is 0 Å². The first kappa shape index (κ1) is 17.5. The van der Waals surface area contributed by atoms with E-state index in [-0.39, 0.29) is 0 Å². The molecular formula is C14H27ClOSn. The Morgan fingerprint density at radius 2 is 1.76 bits per heavy atom. The molecule has 0 amide bonds. The Balaban J connectivity index is 4.31. The van der Waals surface area contributed by atoms with Crippen molar-refractivity contribution < 1.29 is 4.74 Å². The standard InChI is InChI=1S/C6H9O.2C4H9.ClH.Sn/c1-3-5-7-6-4-2;2*1-3-4-2;;/h3H,1-2,5-6H2;2*1,3-4H2,2H3;1H;/q;;;;+1/p-1. The van der Waals surface area contributed by atoms with E-state index in [4.69, 9.17) is 13.7 Å². The predicted octanol–water partition coefficient (Wildman–Crippen LogP) is 5.07. The number of hydrogen-bond acceptors (Lipinski definition) is 1. The van der Waals surface area contributed by atoms with Crippen LogP contribution < -0.4 is 0 Å². The normalized spacial score (nSPS) is 11.5. The molecular weight excluding hydrogens is 338 g/mol. The van der Waals surface area contributed by atoms with E-state index >= 15 is 0 Å². The van der Waals surface area contributed by atoms with Crippen LogP contribution >= 0.6 is 8.92 Å². The molecule has 0 atom stereocenters. The maximum absolute atomic E-state index is 6.93. The first-order chi connectivity index (χ1) is 8.10. The topological polar surface area (TPSA) is 9.23 Å². The molecule has 100 valence electrons. The minimum absolute atomic E-state index is 0.597. The van der Waals surface area contributed by atoms with Crippen LogP contribution in [0.3, 0.4) is 0 Å². The van der Waals surface area contributed by atoms with Gasteiger partial charge >= 0.3 is 115 Å². The molecule has 0 bridgehead atoms. The number of ether oxygens (including phenoxy) is 1. The van der Waals surface area contributed by atoms with Crippen molar-refractivity contribution in [3.63, 3.8) is 0 Å².